The summed E-state index contributed by atoms with van der Waals surface area (Å²) in [4.78, 5) is 27.4. The molecular weight excluding hydrogens is 356 g/mol. The number of carbonyl (C=O) groups excluding carboxylic acids is 2. The molecule has 2 unspecified atom stereocenters. The van der Waals surface area contributed by atoms with Crippen molar-refractivity contribution in [1.82, 2.24) is 10.2 Å². The molecule has 148 valence electrons. The number of benzene rings is 1. The molecule has 1 saturated heterocycles. The highest BCUT2D eigenvalue weighted by Gasteiger charge is 2.36. The van der Waals surface area contributed by atoms with E-state index in [1.807, 2.05) is 36.9 Å². The zero-order valence-corrected chi connectivity index (χ0v) is 16.6. The number of nitrogens with one attached hydrogen (secondary N) is 1. The van der Waals surface area contributed by atoms with Gasteiger partial charge in [-0.1, -0.05) is 13.0 Å². The highest BCUT2D eigenvalue weighted by Crippen LogP contribution is 2.27. The van der Waals surface area contributed by atoms with Crippen molar-refractivity contribution in [2.24, 2.45) is 5.92 Å². The van der Waals surface area contributed by atoms with Gasteiger partial charge in [0, 0.05) is 18.7 Å². The predicted molar refractivity (Wildman–Crippen MR) is 104 cm³/mol. The Morgan fingerprint density at radius 2 is 1.96 bits per heavy atom. The molecule has 0 bridgehead atoms. The Balaban J connectivity index is 1.43. The number of furan rings is 1. The van der Waals surface area contributed by atoms with Crippen LogP contribution in [0, 0.1) is 19.8 Å². The van der Waals surface area contributed by atoms with Crippen LogP contribution in [0.5, 0.6) is 0 Å². The maximum atomic E-state index is 12.9. The molecule has 1 N–H and O–H groups in total. The van der Waals surface area contributed by atoms with Crippen LogP contribution in [0.3, 0.4) is 0 Å². The van der Waals surface area contributed by atoms with Crippen molar-refractivity contribution in [3.05, 3.63) is 58.0 Å². The molecule has 2 aliphatic heterocycles. The van der Waals surface area contributed by atoms with Crippen LogP contribution in [-0.4, -0.2) is 35.8 Å². The van der Waals surface area contributed by atoms with Crippen LogP contribution in [0.15, 0.2) is 28.7 Å². The fourth-order valence-corrected chi connectivity index (χ4v) is 4.00. The second-order valence-corrected chi connectivity index (χ2v) is 7.87. The molecule has 4 rings (SSSR count). The zero-order chi connectivity index (χ0) is 19.8. The van der Waals surface area contributed by atoms with Crippen LogP contribution >= 0.6 is 0 Å². The number of rotatable bonds is 4. The number of nitrogens with zero attached hydrogens (tertiary/aromatic N) is 1. The van der Waals surface area contributed by atoms with E-state index in [0.29, 0.717) is 43.5 Å². The fourth-order valence-electron chi connectivity index (χ4n) is 4.00. The summed E-state index contributed by atoms with van der Waals surface area (Å²) >= 11 is 0. The summed E-state index contributed by atoms with van der Waals surface area (Å²) in [5, 5.41) is 3.01. The Morgan fingerprint density at radius 1 is 1.18 bits per heavy atom. The number of amides is 2. The smallest absolute Gasteiger partial charge is 0.289 e. The van der Waals surface area contributed by atoms with Gasteiger partial charge >= 0.3 is 0 Å². The molecule has 0 aliphatic carbocycles. The molecule has 3 heterocycles. The summed E-state index contributed by atoms with van der Waals surface area (Å²) in [5.74, 6) is 1.23. The normalized spacial score (nSPS) is 21.0. The van der Waals surface area contributed by atoms with E-state index in [0.717, 1.165) is 28.9 Å². The second kappa shape index (κ2) is 7.43. The number of fused-ring (bicyclic) bond motifs is 1. The minimum absolute atomic E-state index is 0.0417. The largest absolute Gasteiger partial charge is 0.456 e. The molecule has 1 aromatic carbocycles. The lowest BCUT2D eigenvalue weighted by Crippen LogP contribution is -2.45. The second-order valence-electron chi connectivity index (χ2n) is 7.87. The average molecular weight is 382 g/mol. The summed E-state index contributed by atoms with van der Waals surface area (Å²) in [7, 11) is 0. The maximum Gasteiger partial charge on any atom is 0.289 e. The number of carbonyl (C=O) groups is 2. The summed E-state index contributed by atoms with van der Waals surface area (Å²) in [6.07, 6.45) is 0.918. The molecule has 0 spiro atoms. The first-order valence-electron chi connectivity index (χ1n) is 9.80. The van der Waals surface area contributed by atoms with Crippen molar-refractivity contribution in [1.29, 1.82) is 0 Å². The Bertz CT molecular complexity index is 898. The molecule has 1 fully saturated rings. The summed E-state index contributed by atoms with van der Waals surface area (Å²) < 4.78 is 11.0. The number of likely N-dealkylation sites (tertiary alicyclic amines) is 1. The van der Waals surface area contributed by atoms with Crippen molar-refractivity contribution in [2.45, 2.75) is 46.4 Å². The first-order chi connectivity index (χ1) is 13.4. The van der Waals surface area contributed by atoms with Gasteiger partial charge in [-0.25, -0.2) is 0 Å². The lowest BCUT2D eigenvalue weighted by atomic mass is 10.0. The summed E-state index contributed by atoms with van der Waals surface area (Å²) in [5.41, 5.74) is 3.81. The van der Waals surface area contributed by atoms with Gasteiger partial charge in [0.1, 0.15) is 5.76 Å². The van der Waals surface area contributed by atoms with E-state index >= 15 is 0 Å². The molecule has 6 heteroatoms. The van der Waals surface area contributed by atoms with Crippen molar-refractivity contribution >= 4 is 11.8 Å². The maximum absolute atomic E-state index is 12.9. The third kappa shape index (κ3) is 3.44. The van der Waals surface area contributed by atoms with E-state index in [9.17, 15) is 9.59 Å². The Morgan fingerprint density at radius 3 is 2.71 bits per heavy atom. The number of hydrogen-bond donors (Lipinski definition) is 1. The van der Waals surface area contributed by atoms with E-state index in [1.54, 1.807) is 6.07 Å². The Hall–Kier alpha value is -2.60. The Kier molecular flexibility index (Phi) is 4.98. The van der Waals surface area contributed by atoms with Crippen molar-refractivity contribution in [3.63, 3.8) is 0 Å². The third-order valence-corrected chi connectivity index (χ3v) is 5.98. The SMILES string of the molecule is Cc1cc(C(=O)N2CCC(C)C2CNC(=O)c2ccc3c(c2)COC3)oc1C. The van der Waals surface area contributed by atoms with Crippen LogP contribution in [-0.2, 0) is 18.0 Å². The number of ether oxygens (including phenoxy) is 1. The predicted octanol–water partition coefficient (Wildman–Crippen LogP) is 3.21. The van der Waals surface area contributed by atoms with Crippen LogP contribution in [0.4, 0.5) is 0 Å². The lowest BCUT2D eigenvalue weighted by molar-refractivity contribution is 0.0677. The van der Waals surface area contributed by atoms with Gasteiger partial charge in [-0.15, -0.1) is 0 Å². The van der Waals surface area contributed by atoms with E-state index in [-0.39, 0.29) is 17.9 Å². The van der Waals surface area contributed by atoms with Gasteiger partial charge in [0.2, 0.25) is 0 Å². The molecular formula is C22H26N2O4. The van der Waals surface area contributed by atoms with E-state index in [2.05, 4.69) is 12.2 Å². The molecule has 0 radical (unpaired) electrons. The standard InChI is InChI=1S/C22H26N2O4/c1-13-6-7-24(22(26)20-8-14(2)15(3)28-20)19(13)10-23-21(25)16-4-5-17-11-27-12-18(17)9-16/h4-5,8-9,13,19H,6-7,10-12H2,1-3H3,(H,23,25). The molecule has 2 aliphatic rings. The average Bonchev–Trinajstić information content (AvgIpc) is 3.38. The van der Waals surface area contributed by atoms with Crippen LogP contribution in [0.2, 0.25) is 0 Å². The highest BCUT2D eigenvalue weighted by molar-refractivity contribution is 5.95. The van der Waals surface area contributed by atoms with E-state index < -0.39 is 0 Å². The summed E-state index contributed by atoms with van der Waals surface area (Å²) in [6.45, 7) is 8.18. The van der Waals surface area contributed by atoms with E-state index in [4.69, 9.17) is 9.15 Å². The number of aryl methyl sites for hydroxylation is 2. The molecule has 2 atom stereocenters. The van der Waals surface area contributed by atoms with Crippen LogP contribution in [0.1, 0.15) is 56.7 Å². The monoisotopic (exact) mass is 382 g/mol. The minimum Gasteiger partial charge on any atom is -0.456 e. The highest BCUT2D eigenvalue weighted by atomic mass is 16.5. The molecule has 6 nitrogen and oxygen atoms in total. The first-order valence-corrected chi connectivity index (χ1v) is 9.80. The van der Waals surface area contributed by atoms with Gasteiger partial charge < -0.3 is 19.4 Å². The molecule has 0 saturated carbocycles. The molecule has 28 heavy (non-hydrogen) atoms. The minimum atomic E-state index is -0.120. The first kappa shape index (κ1) is 18.7. The Labute approximate surface area is 164 Å². The van der Waals surface area contributed by atoms with Crippen molar-refractivity contribution in [2.75, 3.05) is 13.1 Å². The van der Waals surface area contributed by atoms with Gasteiger partial charge in [0.05, 0.1) is 19.3 Å². The topological polar surface area (TPSA) is 71.8 Å². The van der Waals surface area contributed by atoms with Crippen molar-refractivity contribution in [3.8, 4) is 0 Å². The van der Waals surface area contributed by atoms with Crippen LogP contribution < -0.4 is 5.32 Å². The van der Waals surface area contributed by atoms with Gasteiger partial charge in [-0.2, -0.15) is 0 Å². The van der Waals surface area contributed by atoms with Crippen LogP contribution in [0.25, 0.3) is 0 Å². The molecule has 1 aromatic heterocycles. The van der Waals surface area contributed by atoms with Gasteiger partial charge in [0.15, 0.2) is 5.76 Å². The number of hydrogen-bond acceptors (Lipinski definition) is 4. The van der Waals surface area contributed by atoms with E-state index in [1.165, 1.54) is 0 Å². The quantitative estimate of drug-likeness (QED) is 0.881. The summed E-state index contributed by atoms with van der Waals surface area (Å²) in [6, 6.07) is 7.43. The molecule has 2 amide bonds. The van der Waals surface area contributed by atoms with Crippen molar-refractivity contribution < 1.29 is 18.7 Å². The third-order valence-electron chi connectivity index (χ3n) is 5.98. The fraction of sp³-hybridized carbons (Fsp3) is 0.455. The zero-order valence-electron chi connectivity index (χ0n) is 16.6. The van der Waals surface area contributed by atoms with Gasteiger partial charge in [0.25, 0.3) is 11.8 Å². The lowest BCUT2D eigenvalue weighted by Gasteiger charge is -2.26. The van der Waals surface area contributed by atoms with Gasteiger partial charge in [-0.3, -0.25) is 9.59 Å². The molecule has 2 aromatic rings. The van der Waals surface area contributed by atoms with Gasteiger partial charge in [-0.05, 0) is 61.1 Å².